The molecule has 2 aliphatic rings. The summed E-state index contributed by atoms with van der Waals surface area (Å²) in [4.78, 5) is 19.4. The number of aromatic nitrogens is 1. The molecule has 1 amide bonds. The van der Waals surface area contributed by atoms with Crippen molar-refractivity contribution in [1.82, 2.24) is 9.88 Å². The molecular formula is C19H20N2O. The van der Waals surface area contributed by atoms with E-state index in [9.17, 15) is 4.79 Å². The lowest BCUT2D eigenvalue weighted by atomic mass is 9.90. The summed E-state index contributed by atoms with van der Waals surface area (Å²) < 4.78 is 0. The average Bonchev–Trinajstić information content (AvgIpc) is 3.35. The maximum Gasteiger partial charge on any atom is 0.254 e. The smallest absolute Gasteiger partial charge is 0.254 e. The van der Waals surface area contributed by atoms with Crippen molar-refractivity contribution in [2.45, 2.75) is 38.8 Å². The Labute approximate surface area is 131 Å². The van der Waals surface area contributed by atoms with Crippen molar-refractivity contribution < 1.29 is 4.79 Å². The number of rotatable bonds is 3. The Hall–Kier alpha value is -2.16. The van der Waals surface area contributed by atoms with Gasteiger partial charge in [0.05, 0.1) is 12.2 Å². The Bertz CT molecular complexity index is 721. The Morgan fingerprint density at radius 1 is 1.23 bits per heavy atom. The predicted octanol–water partition coefficient (Wildman–Crippen LogP) is 3.37. The van der Waals surface area contributed by atoms with E-state index >= 15 is 0 Å². The Morgan fingerprint density at radius 2 is 2.05 bits per heavy atom. The first-order chi connectivity index (χ1) is 10.7. The van der Waals surface area contributed by atoms with Crippen LogP contribution in [0.2, 0.25) is 0 Å². The fourth-order valence-corrected chi connectivity index (χ4v) is 3.50. The number of hydrogen-bond acceptors (Lipinski definition) is 2. The number of nitrogens with zero attached hydrogens (tertiary/aromatic N) is 2. The minimum absolute atomic E-state index is 0.169. The summed E-state index contributed by atoms with van der Waals surface area (Å²) in [6.07, 6.45) is 5.31. The van der Waals surface area contributed by atoms with Crippen LogP contribution in [0.3, 0.4) is 0 Å². The highest BCUT2D eigenvalue weighted by atomic mass is 16.2. The number of fused-ring (bicyclic) bond motifs is 1. The first-order valence-electron chi connectivity index (χ1n) is 8.03. The van der Waals surface area contributed by atoms with Crippen LogP contribution in [0.4, 0.5) is 0 Å². The van der Waals surface area contributed by atoms with Gasteiger partial charge in [0.25, 0.3) is 5.91 Å². The summed E-state index contributed by atoms with van der Waals surface area (Å²) in [5, 5.41) is 0. The van der Waals surface area contributed by atoms with Gasteiger partial charge in [0, 0.05) is 17.8 Å². The van der Waals surface area contributed by atoms with E-state index in [0.717, 1.165) is 17.7 Å². The molecule has 0 saturated heterocycles. The van der Waals surface area contributed by atoms with Gasteiger partial charge in [-0.3, -0.25) is 9.78 Å². The van der Waals surface area contributed by atoms with Crippen LogP contribution in [0.5, 0.6) is 0 Å². The number of aryl methyl sites for hydroxylation is 1. The van der Waals surface area contributed by atoms with E-state index in [-0.39, 0.29) is 5.91 Å². The van der Waals surface area contributed by atoms with Gasteiger partial charge in [-0.15, -0.1) is 0 Å². The molecule has 112 valence electrons. The lowest BCUT2D eigenvalue weighted by molar-refractivity contribution is 0.0601. The molecule has 2 heterocycles. The molecule has 1 aromatic carbocycles. The van der Waals surface area contributed by atoms with E-state index in [4.69, 9.17) is 0 Å². The SMILES string of the molecule is Cc1ccnc(CN2C(=O)c3ccccc3CC2C2CC2)c1. The fraction of sp³-hybridized carbons (Fsp3) is 0.368. The maximum absolute atomic E-state index is 12.9. The third-order valence-corrected chi connectivity index (χ3v) is 4.81. The molecule has 4 rings (SSSR count). The summed E-state index contributed by atoms with van der Waals surface area (Å²) >= 11 is 0. The first kappa shape index (κ1) is 13.5. The van der Waals surface area contributed by atoms with Gasteiger partial charge < -0.3 is 4.90 Å². The van der Waals surface area contributed by atoms with Gasteiger partial charge in [0.1, 0.15) is 0 Å². The topological polar surface area (TPSA) is 33.2 Å². The minimum Gasteiger partial charge on any atom is -0.329 e. The molecule has 1 fully saturated rings. The van der Waals surface area contributed by atoms with Crippen molar-refractivity contribution >= 4 is 5.91 Å². The molecule has 3 nitrogen and oxygen atoms in total. The van der Waals surface area contributed by atoms with Gasteiger partial charge in [0.2, 0.25) is 0 Å². The third kappa shape index (κ3) is 2.41. The van der Waals surface area contributed by atoms with Crippen LogP contribution in [0.15, 0.2) is 42.6 Å². The fourth-order valence-electron chi connectivity index (χ4n) is 3.50. The summed E-state index contributed by atoms with van der Waals surface area (Å²) in [6, 6.07) is 12.5. The Balaban J connectivity index is 1.68. The predicted molar refractivity (Wildman–Crippen MR) is 85.5 cm³/mol. The van der Waals surface area contributed by atoms with E-state index < -0.39 is 0 Å². The van der Waals surface area contributed by atoms with Crippen molar-refractivity contribution in [3.63, 3.8) is 0 Å². The zero-order valence-corrected chi connectivity index (χ0v) is 12.8. The quantitative estimate of drug-likeness (QED) is 0.869. The standard InChI is InChI=1S/C19H20N2O/c1-13-8-9-20-16(10-13)12-21-18(14-6-7-14)11-15-4-2-3-5-17(15)19(21)22/h2-5,8-10,14,18H,6-7,11-12H2,1H3. The van der Waals surface area contributed by atoms with Crippen LogP contribution >= 0.6 is 0 Å². The molecule has 0 bridgehead atoms. The van der Waals surface area contributed by atoms with Gasteiger partial charge in [-0.25, -0.2) is 0 Å². The van der Waals surface area contributed by atoms with E-state index in [1.54, 1.807) is 0 Å². The molecular weight excluding hydrogens is 272 g/mol. The van der Waals surface area contributed by atoms with Crippen molar-refractivity contribution in [2.24, 2.45) is 5.92 Å². The number of carbonyl (C=O) groups is 1. The second-order valence-corrected chi connectivity index (χ2v) is 6.52. The van der Waals surface area contributed by atoms with Crippen molar-refractivity contribution in [3.05, 3.63) is 65.0 Å². The van der Waals surface area contributed by atoms with Crippen LogP contribution in [-0.2, 0) is 13.0 Å². The van der Waals surface area contributed by atoms with Crippen LogP contribution in [0.25, 0.3) is 0 Å². The number of pyridine rings is 1. The maximum atomic E-state index is 12.9. The summed E-state index contributed by atoms with van der Waals surface area (Å²) in [6.45, 7) is 2.69. The summed E-state index contributed by atoms with van der Waals surface area (Å²) in [5.74, 6) is 0.837. The average molecular weight is 292 g/mol. The van der Waals surface area contributed by atoms with Gasteiger partial charge in [-0.05, 0) is 61.4 Å². The van der Waals surface area contributed by atoms with E-state index in [1.807, 2.05) is 30.5 Å². The van der Waals surface area contributed by atoms with E-state index in [1.165, 1.54) is 24.0 Å². The van der Waals surface area contributed by atoms with Crippen LogP contribution in [-0.4, -0.2) is 21.8 Å². The molecule has 1 unspecified atom stereocenters. The van der Waals surface area contributed by atoms with Crippen LogP contribution < -0.4 is 0 Å². The molecule has 1 aliphatic carbocycles. The minimum atomic E-state index is 0.169. The number of benzene rings is 1. The van der Waals surface area contributed by atoms with Gasteiger partial charge in [-0.1, -0.05) is 18.2 Å². The molecule has 2 aromatic rings. The molecule has 3 heteroatoms. The zero-order chi connectivity index (χ0) is 15.1. The van der Waals surface area contributed by atoms with Gasteiger partial charge >= 0.3 is 0 Å². The third-order valence-electron chi connectivity index (χ3n) is 4.81. The molecule has 1 aromatic heterocycles. The second-order valence-electron chi connectivity index (χ2n) is 6.52. The lowest BCUT2D eigenvalue weighted by Gasteiger charge is -2.37. The summed E-state index contributed by atoms with van der Waals surface area (Å²) in [7, 11) is 0. The second kappa shape index (κ2) is 5.24. The normalized spacial score (nSPS) is 20.9. The zero-order valence-electron chi connectivity index (χ0n) is 12.8. The largest absolute Gasteiger partial charge is 0.329 e. The molecule has 1 saturated carbocycles. The molecule has 22 heavy (non-hydrogen) atoms. The van der Waals surface area contributed by atoms with Crippen molar-refractivity contribution in [2.75, 3.05) is 0 Å². The van der Waals surface area contributed by atoms with Gasteiger partial charge in [-0.2, -0.15) is 0 Å². The number of amides is 1. The summed E-state index contributed by atoms with van der Waals surface area (Å²) in [5.41, 5.74) is 4.25. The first-order valence-corrected chi connectivity index (χ1v) is 8.03. The Kier molecular flexibility index (Phi) is 3.21. The highest BCUT2D eigenvalue weighted by Crippen LogP contribution is 2.40. The van der Waals surface area contributed by atoms with Gasteiger partial charge in [0.15, 0.2) is 0 Å². The highest BCUT2D eigenvalue weighted by molar-refractivity contribution is 5.97. The Morgan fingerprint density at radius 3 is 2.82 bits per heavy atom. The molecule has 0 N–H and O–H groups in total. The molecule has 0 radical (unpaired) electrons. The van der Waals surface area contributed by atoms with Crippen LogP contribution in [0.1, 0.15) is 40.0 Å². The molecule has 1 atom stereocenters. The van der Waals surface area contributed by atoms with E-state index in [2.05, 4.69) is 28.9 Å². The van der Waals surface area contributed by atoms with Crippen LogP contribution in [0, 0.1) is 12.8 Å². The van der Waals surface area contributed by atoms with Crippen molar-refractivity contribution in [3.8, 4) is 0 Å². The highest BCUT2D eigenvalue weighted by Gasteiger charge is 2.41. The van der Waals surface area contributed by atoms with E-state index in [0.29, 0.717) is 18.5 Å². The lowest BCUT2D eigenvalue weighted by Crippen LogP contribution is -2.46. The molecule has 1 aliphatic heterocycles. The monoisotopic (exact) mass is 292 g/mol. The number of hydrogen-bond donors (Lipinski definition) is 0. The van der Waals surface area contributed by atoms with Crippen molar-refractivity contribution in [1.29, 1.82) is 0 Å². The molecule has 0 spiro atoms. The number of carbonyl (C=O) groups excluding carboxylic acids is 1.